The molecule has 1 amide bonds. The third-order valence-electron chi connectivity index (χ3n) is 3.84. The number of hydrazine groups is 1. The van der Waals surface area contributed by atoms with Gasteiger partial charge in [-0.1, -0.05) is 30.3 Å². The molecule has 0 radical (unpaired) electrons. The van der Waals surface area contributed by atoms with Gasteiger partial charge in [-0.05, 0) is 42.0 Å². The second kappa shape index (κ2) is 9.94. The van der Waals surface area contributed by atoms with Crippen LogP contribution in [0.15, 0.2) is 42.5 Å². The zero-order chi connectivity index (χ0) is 18.9. The maximum absolute atomic E-state index is 12.1. The molecule has 0 bridgehead atoms. The SMILES string of the molecule is C[C@H](Oc1ccc2ccccc2c1)C(=O)NNC(=S)NCCC[NH+](C)C. The molecule has 0 fully saturated rings. The minimum atomic E-state index is -0.649. The van der Waals surface area contributed by atoms with Crippen LogP contribution in [-0.2, 0) is 4.79 Å². The summed E-state index contributed by atoms with van der Waals surface area (Å²) in [5.74, 6) is 0.360. The van der Waals surface area contributed by atoms with Gasteiger partial charge < -0.3 is 15.0 Å². The number of nitrogens with one attached hydrogen (secondary N) is 4. The molecule has 0 saturated carbocycles. The molecule has 2 aromatic rings. The normalized spacial score (nSPS) is 11.8. The first-order chi connectivity index (χ1) is 12.5. The van der Waals surface area contributed by atoms with E-state index in [1.807, 2.05) is 42.5 Å². The molecule has 26 heavy (non-hydrogen) atoms. The zero-order valence-electron chi connectivity index (χ0n) is 15.5. The summed E-state index contributed by atoms with van der Waals surface area (Å²) in [6.45, 7) is 3.51. The Labute approximate surface area is 159 Å². The highest BCUT2D eigenvalue weighted by Crippen LogP contribution is 2.21. The summed E-state index contributed by atoms with van der Waals surface area (Å²) >= 11 is 5.14. The predicted octanol–water partition coefficient (Wildman–Crippen LogP) is 0.637. The topological polar surface area (TPSA) is 66.8 Å². The van der Waals surface area contributed by atoms with Gasteiger partial charge in [-0.25, -0.2) is 0 Å². The van der Waals surface area contributed by atoms with Gasteiger partial charge in [0.25, 0.3) is 5.91 Å². The first kappa shape index (κ1) is 19.9. The monoisotopic (exact) mass is 375 g/mol. The highest BCUT2D eigenvalue weighted by Gasteiger charge is 2.15. The Hall–Kier alpha value is -2.38. The average Bonchev–Trinajstić information content (AvgIpc) is 2.63. The van der Waals surface area contributed by atoms with Gasteiger partial charge in [0.05, 0.1) is 20.6 Å². The lowest BCUT2D eigenvalue weighted by atomic mass is 10.1. The average molecular weight is 376 g/mol. The summed E-state index contributed by atoms with van der Waals surface area (Å²) < 4.78 is 5.72. The van der Waals surface area contributed by atoms with E-state index in [0.29, 0.717) is 10.9 Å². The molecule has 0 heterocycles. The van der Waals surface area contributed by atoms with Gasteiger partial charge in [0.15, 0.2) is 11.2 Å². The summed E-state index contributed by atoms with van der Waals surface area (Å²) in [5, 5.41) is 5.65. The van der Waals surface area contributed by atoms with Crippen molar-refractivity contribution in [2.75, 3.05) is 27.2 Å². The number of amides is 1. The van der Waals surface area contributed by atoms with Gasteiger partial charge in [0.1, 0.15) is 5.75 Å². The van der Waals surface area contributed by atoms with Crippen molar-refractivity contribution < 1.29 is 14.4 Å². The number of rotatable bonds is 7. The lowest BCUT2D eigenvalue weighted by Gasteiger charge is -2.17. The smallest absolute Gasteiger partial charge is 0.279 e. The van der Waals surface area contributed by atoms with Crippen molar-refractivity contribution in [3.05, 3.63) is 42.5 Å². The fraction of sp³-hybridized carbons (Fsp3) is 0.368. The van der Waals surface area contributed by atoms with E-state index in [9.17, 15) is 4.79 Å². The molecule has 1 atom stereocenters. The van der Waals surface area contributed by atoms with E-state index in [2.05, 4.69) is 30.3 Å². The quantitative estimate of drug-likeness (QED) is 0.325. The van der Waals surface area contributed by atoms with Gasteiger partial charge in [-0.3, -0.25) is 15.6 Å². The summed E-state index contributed by atoms with van der Waals surface area (Å²) in [7, 11) is 4.21. The Bertz CT molecular complexity index is 751. The van der Waals surface area contributed by atoms with Crippen LogP contribution < -0.4 is 25.8 Å². The summed E-state index contributed by atoms with van der Waals surface area (Å²) in [6, 6.07) is 13.8. The molecule has 0 unspecified atom stereocenters. The van der Waals surface area contributed by atoms with Crippen LogP contribution in [0.2, 0.25) is 0 Å². The van der Waals surface area contributed by atoms with E-state index >= 15 is 0 Å². The number of hydrogen-bond donors (Lipinski definition) is 4. The Kier molecular flexibility index (Phi) is 7.62. The highest BCUT2D eigenvalue weighted by molar-refractivity contribution is 7.80. The van der Waals surface area contributed by atoms with Gasteiger partial charge in [-0.2, -0.15) is 0 Å². The molecule has 2 aromatic carbocycles. The molecule has 0 saturated heterocycles. The molecule has 6 nitrogen and oxygen atoms in total. The van der Waals surface area contributed by atoms with Crippen LogP contribution in [0.3, 0.4) is 0 Å². The number of fused-ring (bicyclic) bond motifs is 1. The molecule has 0 aliphatic carbocycles. The van der Waals surface area contributed by atoms with E-state index in [1.54, 1.807) is 6.92 Å². The van der Waals surface area contributed by atoms with Crippen molar-refractivity contribution in [1.29, 1.82) is 0 Å². The standard InChI is InChI=1S/C19H26N4O2S/c1-14(18(24)21-22-19(26)20-11-6-12-23(2)3)25-17-10-9-15-7-4-5-8-16(15)13-17/h4-5,7-10,13-14H,6,11-12H2,1-3H3,(H,21,24)(H2,20,22,26)/p+1/t14-/m0/s1. The van der Waals surface area contributed by atoms with Crippen molar-refractivity contribution in [3.63, 3.8) is 0 Å². The number of benzene rings is 2. The molecule has 0 aliphatic heterocycles. The van der Waals surface area contributed by atoms with Crippen LogP contribution in [-0.4, -0.2) is 44.3 Å². The second-order valence-corrected chi connectivity index (χ2v) is 6.86. The number of hydrogen-bond acceptors (Lipinski definition) is 3. The molecule has 140 valence electrons. The van der Waals surface area contributed by atoms with Crippen LogP contribution in [0.4, 0.5) is 0 Å². The van der Waals surface area contributed by atoms with Gasteiger partial charge >= 0.3 is 0 Å². The fourth-order valence-electron chi connectivity index (χ4n) is 2.41. The van der Waals surface area contributed by atoms with E-state index in [4.69, 9.17) is 17.0 Å². The Morgan fingerprint density at radius 3 is 2.62 bits per heavy atom. The predicted molar refractivity (Wildman–Crippen MR) is 108 cm³/mol. The lowest BCUT2D eigenvalue weighted by molar-refractivity contribution is -0.858. The van der Waals surface area contributed by atoms with Crippen LogP contribution in [0.25, 0.3) is 10.8 Å². The minimum Gasteiger partial charge on any atom is -0.481 e. The number of carbonyl (C=O) groups excluding carboxylic acids is 1. The maximum atomic E-state index is 12.1. The lowest BCUT2D eigenvalue weighted by Crippen LogP contribution is -3.05. The zero-order valence-corrected chi connectivity index (χ0v) is 16.3. The number of ether oxygens (including phenoxy) is 1. The second-order valence-electron chi connectivity index (χ2n) is 6.45. The van der Waals surface area contributed by atoms with Crippen LogP contribution >= 0.6 is 12.2 Å². The third kappa shape index (κ3) is 6.50. The van der Waals surface area contributed by atoms with Crippen molar-refractivity contribution >= 4 is 34.0 Å². The molecule has 2 rings (SSSR count). The third-order valence-corrected chi connectivity index (χ3v) is 4.09. The first-order valence-corrected chi connectivity index (χ1v) is 9.14. The largest absolute Gasteiger partial charge is 0.481 e. The Balaban J connectivity index is 1.75. The number of carbonyl (C=O) groups is 1. The van der Waals surface area contributed by atoms with Crippen molar-refractivity contribution in [3.8, 4) is 5.75 Å². The van der Waals surface area contributed by atoms with Crippen LogP contribution in [0.5, 0.6) is 5.75 Å². The van der Waals surface area contributed by atoms with Gasteiger partial charge in [0.2, 0.25) is 0 Å². The van der Waals surface area contributed by atoms with Gasteiger partial charge in [-0.15, -0.1) is 0 Å². The molecule has 4 N–H and O–H groups in total. The fourth-order valence-corrected chi connectivity index (χ4v) is 2.56. The molecule has 0 aromatic heterocycles. The van der Waals surface area contributed by atoms with Crippen molar-refractivity contribution in [1.82, 2.24) is 16.2 Å². The molecule has 7 heteroatoms. The maximum Gasteiger partial charge on any atom is 0.279 e. The highest BCUT2D eigenvalue weighted by atomic mass is 32.1. The van der Waals surface area contributed by atoms with Crippen LogP contribution in [0.1, 0.15) is 13.3 Å². The summed E-state index contributed by atoms with van der Waals surface area (Å²) in [4.78, 5) is 13.5. The Morgan fingerprint density at radius 1 is 1.15 bits per heavy atom. The van der Waals surface area contributed by atoms with E-state index in [0.717, 1.165) is 30.3 Å². The summed E-state index contributed by atoms with van der Waals surface area (Å²) in [6.07, 6.45) is 0.350. The summed E-state index contributed by atoms with van der Waals surface area (Å²) in [5.41, 5.74) is 5.27. The van der Waals surface area contributed by atoms with E-state index in [-0.39, 0.29) is 5.91 Å². The molecular weight excluding hydrogens is 348 g/mol. The van der Waals surface area contributed by atoms with Gasteiger partial charge in [0, 0.05) is 13.0 Å². The van der Waals surface area contributed by atoms with Crippen molar-refractivity contribution in [2.45, 2.75) is 19.4 Å². The Morgan fingerprint density at radius 2 is 1.88 bits per heavy atom. The van der Waals surface area contributed by atoms with Crippen LogP contribution in [0, 0.1) is 0 Å². The minimum absolute atomic E-state index is 0.292. The van der Waals surface area contributed by atoms with Crippen molar-refractivity contribution in [2.24, 2.45) is 0 Å². The van der Waals surface area contributed by atoms with E-state index in [1.165, 1.54) is 4.90 Å². The first-order valence-electron chi connectivity index (χ1n) is 8.74. The molecule has 0 aliphatic rings. The van der Waals surface area contributed by atoms with E-state index < -0.39 is 6.10 Å². The molecule has 0 spiro atoms. The number of thiocarbonyl (C=S) groups is 1. The molecular formula is C19H27N4O2S+. The number of quaternary nitrogens is 1.